The number of hydrogen-bond acceptors (Lipinski definition) is 4. The van der Waals surface area contributed by atoms with E-state index < -0.39 is 5.97 Å². The van der Waals surface area contributed by atoms with Crippen molar-refractivity contribution in [3.63, 3.8) is 0 Å². The summed E-state index contributed by atoms with van der Waals surface area (Å²) in [5.41, 5.74) is 3.83. The van der Waals surface area contributed by atoms with Crippen LogP contribution in [-0.2, 0) is 10.2 Å². The van der Waals surface area contributed by atoms with E-state index in [4.69, 9.17) is 4.74 Å². The number of benzene rings is 4. The second-order valence-corrected chi connectivity index (χ2v) is 12.0. The first-order valence-electron chi connectivity index (χ1n) is 13.9. The highest BCUT2D eigenvalue weighted by atomic mass is 16.5. The standard InChI is InChI=1S/C34H39NO3/c1-21(2)35-29-18-15-22-11-9-10-14-26(22)30(29)31-27-17-16-24(34(3,4)5)19-23(27)20-28(32(31)36)33(37)38-25-12-7-6-8-13-25/h9-11,14-21,25,35-36H,6-8,12-13H2,1-5H3. The first-order valence-corrected chi connectivity index (χ1v) is 13.9. The molecular formula is C34H39NO3. The lowest BCUT2D eigenvalue weighted by Crippen LogP contribution is -2.21. The molecule has 0 unspecified atom stereocenters. The largest absolute Gasteiger partial charge is 0.506 e. The van der Waals surface area contributed by atoms with Crippen LogP contribution in [0.15, 0.2) is 60.7 Å². The molecule has 198 valence electrons. The average Bonchev–Trinajstić information content (AvgIpc) is 2.88. The summed E-state index contributed by atoms with van der Waals surface area (Å²) in [7, 11) is 0. The zero-order valence-electron chi connectivity index (χ0n) is 23.2. The van der Waals surface area contributed by atoms with Crippen LogP contribution in [0.25, 0.3) is 32.7 Å². The van der Waals surface area contributed by atoms with Crippen LogP contribution in [0.5, 0.6) is 5.75 Å². The molecule has 4 nitrogen and oxygen atoms in total. The second-order valence-electron chi connectivity index (χ2n) is 12.0. The summed E-state index contributed by atoms with van der Waals surface area (Å²) in [5.74, 6) is -0.470. The molecule has 38 heavy (non-hydrogen) atoms. The van der Waals surface area contributed by atoms with Crippen molar-refractivity contribution in [1.29, 1.82) is 0 Å². The number of rotatable bonds is 5. The lowest BCUT2D eigenvalue weighted by molar-refractivity contribution is 0.0208. The number of fused-ring (bicyclic) bond motifs is 2. The van der Waals surface area contributed by atoms with Crippen LogP contribution in [-0.4, -0.2) is 23.2 Å². The molecule has 4 heteroatoms. The van der Waals surface area contributed by atoms with Gasteiger partial charge in [-0.3, -0.25) is 0 Å². The van der Waals surface area contributed by atoms with Crippen LogP contribution in [0.1, 0.15) is 82.6 Å². The van der Waals surface area contributed by atoms with E-state index in [0.717, 1.165) is 58.5 Å². The first kappa shape index (κ1) is 26.1. The van der Waals surface area contributed by atoms with Gasteiger partial charge in [0.2, 0.25) is 0 Å². The molecule has 4 aromatic rings. The summed E-state index contributed by atoms with van der Waals surface area (Å²) in [4.78, 5) is 13.6. The van der Waals surface area contributed by atoms with Gasteiger partial charge in [0.25, 0.3) is 0 Å². The molecule has 2 N–H and O–H groups in total. The number of hydrogen-bond donors (Lipinski definition) is 2. The van der Waals surface area contributed by atoms with Crippen molar-refractivity contribution in [1.82, 2.24) is 0 Å². The summed E-state index contributed by atoms with van der Waals surface area (Å²) < 4.78 is 5.96. The Kier molecular flexibility index (Phi) is 7.09. The summed E-state index contributed by atoms with van der Waals surface area (Å²) >= 11 is 0. The second kappa shape index (κ2) is 10.3. The maximum Gasteiger partial charge on any atom is 0.342 e. The summed E-state index contributed by atoms with van der Waals surface area (Å²) in [6, 6.07) is 20.7. The van der Waals surface area contributed by atoms with E-state index in [1.807, 2.05) is 18.2 Å². The average molecular weight is 510 g/mol. The van der Waals surface area contributed by atoms with Gasteiger partial charge in [-0.2, -0.15) is 0 Å². The molecule has 0 spiro atoms. The van der Waals surface area contributed by atoms with Gasteiger partial charge < -0.3 is 15.2 Å². The maximum atomic E-state index is 13.6. The highest BCUT2D eigenvalue weighted by molar-refractivity contribution is 6.14. The lowest BCUT2D eigenvalue weighted by atomic mass is 9.83. The van der Waals surface area contributed by atoms with E-state index in [0.29, 0.717) is 5.56 Å². The molecule has 0 heterocycles. The molecule has 1 saturated carbocycles. The smallest absolute Gasteiger partial charge is 0.342 e. The molecule has 0 aliphatic heterocycles. The van der Waals surface area contributed by atoms with Gasteiger partial charge in [0.1, 0.15) is 17.4 Å². The Hall–Kier alpha value is -3.53. The van der Waals surface area contributed by atoms with E-state index in [9.17, 15) is 9.90 Å². The molecule has 0 amide bonds. The van der Waals surface area contributed by atoms with Gasteiger partial charge in [-0.25, -0.2) is 4.79 Å². The van der Waals surface area contributed by atoms with Crippen molar-refractivity contribution >= 4 is 33.2 Å². The molecule has 0 radical (unpaired) electrons. The number of carbonyl (C=O) groups is 1. The minimum atomic E-state index is -0.447. The molecule has 1 fully saturated rings. The third-order valence-corrected chi connectivity index (χ3v) is 7.65. The van der Waals surface area contributed by atoms with E-state index in [1.54, 1.807) is 0 Å². The van der Waals surface area contributed by atoms with Gasteiger partial charge in [0.05, 0.1) is 0 Å². The molecule has 0 saturated heterocycles. The van der Waals surface area contributed by atoms with Gasteiger partial charge in [0, 0.05) is 22.9 Å². The van der Waals surface area contributed by atoms with Gasteiger partial charge in [0.15, 0.2) is 0 Å². The molecule has 5 rings (SSSR count). The monoisotopic (exact) mass is 509 g/mol. The number of esters is 1. The lowest BCUT2D eigenvalue weighted by Gasteiger charge is -2.24. The fraction of sp³-hybridized carbons (Fsp3) is 0.382. The number of nitrogens with one attached hydrogen (secondary N) is 1. The predicted octanol–water partition coefficient (Wildman–Crippen LogP) is 8.97. The van der Waals surface area contributed by atoms with Crippen molar-refractivity contribution in [2.24, 2.45) is 0 Å². The molecule has 1 aliphatic carbocycles. The van der Waals surface area contributed by atoms with Gasteiger partial charge in [-0.15, -0.1) is 0 Å². The molecule has 0 aromatic heterocycles. The van der Waals surface area contributed by atoms with Crippen molar-refractivity contribution in [2.45, 2.75) is 84.3 Å². The zero-order valence-corrected chi connectivity index (χ0v) is 23.2. The number of carbonyl (C=O) groups excluding carboxylic acids is 1. The molecule has 4 aromatic carbocycles. The van der Waals surface area contributed by atoms with E-state index in [2.05, 4.69) is 82.4 Å². The molecule has 0 atom stereocenters. The maximum absolute atomic E-state index is 13.6. The minimum absolute atomic E-state index is 0.0232. The highest BCUT2D eigenvalue weighted by Crippen LogP contribution is 2.46. The number of ether oxygens (including phenoxy) is 1. The molecular weight excluding hydrogens is 470 g/mol. The molecule has 0 bridgehead atoms. The first-order chi connectivity index (χ1) is 18.1. The normalized spacial score (nSPS) is 14.8. The van der Waals surface area contributed by atoms with E-state index in [-0.39, 0.29) is 28.9 Å². The number of phenolic OH excluding ortho intramolecular Hbond substituents is 1. The van der Waals surface area contributed by atoms with Crippen molar-refractivity contribution in [3.8, 4) is 16.9 Å². The SMILES string of the molecule is CC(C)Nc1ccc2ccccc2c1-c1c(O)c(C(=O)OC2CCCCC2)cc2cc(C(C)(C)C)ccc12. The Labute approximate surface area is 226 Å². The third-order valence-electron chi connectivity index (χ3n) is 7.65. The Morgan fingerprint density at radius 2 is 1.61 bits per heavy atom. The number of anilines is 1. The van der Waals surface area contributed by atoms with Crippen molar-refractivity contribution in [3.05, 3.63) is 71.8 Å². The van der Waals surface area contributed by atoms with Crippen LogP contribution < -0.4 is 5.32 Å². The van der Waals surface area contributed by atoms with Gasteiger partial charge >= 0.3 is 5.97 Å². The van der Waals surface area contributed by atoms with Crippen LogP contribution in [0.4, 0.5) is 5.69 Å². The highest BCUT2D eigenvalue weighted by Gasteiger charge is 2.27. The van der Waals surface area contributed by atoms with Crippen LogP contribution in [0, 0.1) is 0 Å². The van der Waals surface area contributed by atoms with Crippen LogP contribution in [0.2, 0.25) is 0 Å². The van der Waals surface area contributed by atoms with Gasteiger partial charge in [-0.05, 0) is 84.2 Å². The number of aromatic hydroxyl groups is 1. The summed E-state index contributed by atoms with van der Waals surface area (Å²) in [6.45, 7) is 10.8. The molecule has 1 aliphatic rings. The van der Waals surface area contributed by atoms with Crippen LogP contribution in [0.3, 0.4) is 0 Å². The Bertz CT molecular complexity index is 1490. The fourth-order valence-electron chi connectivity index (χ4n) is 5.64. The van der Waals surface area contributed by atoms with E-state index >= 15 is 0 Å². The quantitative estimate of drug-likeness (QED) is 0.264. The number of phenols is 1. The summed E-state index contributed by atoms with van der Waals surface area (Å²) in [6.07, 6.45) is 5.00. The van der Waals surface area contributed by atoms with Crippen molar-refractivity contribution < 1.29 is 14.6 Å². The zero-order chi connectivity index (χ0) is 27.0. The Morgan fingerprint density at radius 3 is 2.32 bits per heavy atom. The Balaban J connectivity index is 1.80. The topological polar surface area (TPSA) is 58.6 Å². The minimum Gasteiger partial charge on any atom is -0.506 e. The van der Waals surface area contributed by atoms with E-state index in [1.165, 1.54) is 12.0 Å². The summed E-state index contributed by atoms with van der Waals surface area (Å²) in [5, 5.41) is 19.4. The Morgan fingerprint density at radius 1 is 0.895 bits per heavy atom. The third kappa shape index (κ3) is 5.09. The van der Waals surface area contributed by atoms with Gasteiger partial charge in [-0.1, -0.05) is 75.7 Å². The predicted molar refractivity (Wildman–Crippen MR) is 158 cm³/mol. The van der Waals surface area contributed by atoms with Crippen LogP contribution >= 0.6 is 0 Å². The van der Waals surface area contributed by atoms with Crippen molar-refractivity contribution in [2.75, 3.05) is 5.32 Å². The fourth-order valence-corrected chi connectivity index (χ4v) is 5.64.